The summed E-state index contributed by atoms with van der Waals surface area (Å²) in [6.07, 6.45) is 1.68. The highest BCUT2D eigenvalue weighted by Gasteiger charge is 2.09. The molecule has 0 fully saturated rings. The molecule has 0 aliphatic rings. The van der Waals surface area contributed by atoms with Crippen LogP contribution in [0.4, 0.5) is 5.13 Å². The molecular weight excluding hydrogens is 220 g/mol. The van der Waals surface area contributed by atoms with Gasteiger partial charge in [-0.2, -0.15) is 0 Å². The van der Waals surface area contributed by atoms with E-state index < -0.39 is 0 Å². The van der Waals surface area contributed by atoms with Crippen molar-refractivity contribution < 1.29 is 0 Å². The van der Waals surface area contributed by atoms with Gasteiger partial charge in [-0.25, -0.2) is 0 Å². The van der Waals surface area contributed by atoms with Crippen molar-refractivity contribution in [3.63, 3.8) is 0 Å². The Morgan fingerprint density at radius 3 is 2.93 bits per heavy atom. The molecule has 2 rings (SSSR count). The molecule has 0 aliphatic heterocycles. The summed E-state index contributed by atoms with van der Waals surface area (Å²) in [5.41, 5.74) is 0.674. The van der Waals surface area contributed by atoms with Crippen molar-refractivity contribution in [1.82, 2.24) is 15.2 Å². The van der Waals surface area contributed by atoms with Crippen LogP contribution in [0.5, 0.6) is 0 Å². The van der Waals surface area contributed by atoms with Crippen molar-refractivity contribution in [2.24, 2.45) is 0 Å². The van der Waals surface area contributed by atoms with Crippen LogP contribution in [0, 0.1) is 0 Å². The molecule has 2 aromatic heterocycles. The van der Waals surface area contributed by atoms with Crippen molar-refractivity contribution >= 4 is 28.1 Å². The van der Waals surface area contributed by atoms with Gasteiger partial charge in [0.2, 0.25) is 5.13 Å². The number of halogens is 1. The van der Waals surface area contributed by atoms with Crippen LogP contribution in [-0.4, -0.2) is 22.2 Å². The van der Waals surface area contributed by atoms with Crippen LogP contribution >= 0.6 is 22.9 Å². The van der Waals surface area contributed by atoms with Crippen LogP contribution in [0.3, 0.4) is 0 Å². The number of nitrogens with zero attached hydrogens (tertiary/aromatic N) is 3. The summed E-state index contributed by atoms with van der Waals surface area (Å²) in [6, 6.07) is 3.57. The maximum atomic E-state index is 5.97. The normalized spacial score (nSPS) is 10.1. The first kappa shape index (κ1) is 9.36. The first-order valence-electron chi connectivity index (χ1n) is 3.93. The summed E-state index contributed by atoms with van der Waals surface area (Å²) < 4.78 is 0. The predicted octanol–water partition coefficient (Wildman–Crippen LogP) is 2.30. The highest BCUT2D eigenvalue weighted by molar-refractivity contribution is 7.18. The quantitative estimate of drug-likeness (QED) is 0.854. The van der Waals surface area contributed by atoms with Gasteiger partial charge in [0.05, 0.1) is 5.02 Å². The molecule has 2 aromatic rings. The molecule has 0 aliphatic carbocycles. The minimum absolute atomic E-state index is 0.589. The highest BCUT2D eigenvalue weighted by Crippen LogP contribution is 2.29. The summed E-state index contributed by atoms with van der Waals surface area (Å²) in [6.45, 7) is 0. The summed E-state index contributed by atoms with van der Waals surface area (Å²) in [5.74, 6) is 0. The van der Waals surface area contributed by atoms with E-state index in [2.05, 4.69) is 20.5 Å². The van der Waals surface area contributed by atoms with Gasteiger partial charge in [0.1, 0.15) is 5.69 Å². The minimum Gasteiger partial charge on any atom is -0.363 e. The second-order valence-corrected chi connectivity index (χ2v) is 3.88. The second kappa shape index (κ2) is 3.89. The van der Waals surface area contributed by atoms with Crippen molar-refractivity contribution in [3.8, 4) is 10.7 Å². The molecule has 0 bridgehead atoms. The predicted molar refractivity (Wildman–Crippen MR) is 57.7 cm³/mol. The number of hydrogen-bond donors (Lipinski definition) is 1. The zero-order chi connectivity index (χ0) is 9.97. The number of rotatable bonds is 2. The molecule has 0 amide bonds. The third-order valence-corrected chi connectivity index (χ3v) is 2.85. The standard InChI is InChI=1S/C8H7ClN4S/c1-10-8-13-12-7(14-8)6-5(9)3-2-4-11-6/h2-4H,1H3,(H,10,13). The lowest BCUT2D eigenvalue weighted by molar-refractivity contribution is 1.08. The van der Waals surface area contributed by atoms with E-state index >= 15 is 0 Å². The average molecular weight is 227 g/mol. The van der Waals surface area contributed by atoms with Crippen LogP contribution in [-0.2, 0) is 0 Å². The summed E-state index contributed by atoms with van der Waals surface area (Å²) >= 11 is 7.39. The largest absolute Gasteiger partial charge is 0.363 e. The zero-order valence-electron chi connectivity index (χ0n) is 7.36. The van der Waals surface area contributed by atoms with Gasteiger partial charge in [0.25, 0.3) is 0 Å². The molecule has 14 heavy (non-hydrogen) atoms. The van der Waals surface area contributed by atoms with Gasteiger partial charge in [-0.1, -0.05) is 22.9 Å². The third kappa shape index (κ3) is 1.69. The second-order valence-electron chi connectivity index (χ2n) is 2.50. The Balaban J connectivity index is 2.44. The van der Waals surface area contributed by atoms with Crippen LogP contribution in [0.25, 0.3) is 10.7 Å². The van der Waals surface area contributed by atoms with E-state index in [0.29, 0.717) is 10.7 Å². The molecule has 0 unspecified atom stereocenters. The number of anilines is 1. The number of nitrogens with one attached hydrogen (secondary N) is 1. The topological polar surface area (TPSA) is 50.7 Å². The Morgan fingerprint density at radius 2 is 2.29 bits per heavy atom. The molecular formula is C8H7ClN4S. The summed E-state index contributed by atoms with van der Waals surface area (Å²) in [7, 11) is 1.80. The van der Waals surface area contributed by atoms with Gasteiger partial charge in [-0.15, -0.1) is 10.2 Å². The molecule has 6 heteroatoms. The first-order chi connectivity index (χ1) is 6.81. The van der Waals surface area contributed by atoms with Crippen LogP contribution in [0.15, 0.2) is 18.3 Å². The van der Waals surface area contributed by atoms with Crippen LogP contribution in [0.2, 0.25) is 5.02 Å². The first-order valence-corrected chi connectivity index (χ1v) is 5.13. The van der Waals surface area contributed by atoms with Crippen molar-refractivity contribution in [1.29, 1.82) is 0 Å². The molecule has 4 nitrogen and oxygen atoms in total. The van der Waals surface area contributed by atoms with Gasteiger partial charge in [-0.3, -0.25) is 4.98 Å². The fourth-order valence-corrected chi connectivity index (χ4v) is 1.94. The fourth-order valence-electron chi connectivity index (χ4n) is 0.963. The Morgan fingerprint density at radius 1 is 1.43 bits per heavy atom. The number of pyridine rings is 1. The smallest absolute Gasteiger partial charge is 0.205 e. The third-order valence-electron chi connectivity index (χ3n) is 1.60. The van der Waals surface area contributed by atoms with Gasteiger partial charge in [-0.05, 0) is 12.1 Å². The van der Waals surface area contributed by atoms with Crippen LogP contribution < -0.4 is 5.32 Å². The highest BCUT2D eigenvalue weighted by atomic mass is 35.5. The van der Waals surface area contributed by atoms with Crippen LogP contribution in [0.1, 0.15) is 0 Å². The number of aromatic nitrogens is 3. The van der Waals surface area contributed by atoms with Crippen molar-refractivity contribution in [2.75, 3.05) is 12.4 Å². The molecule has 0 saturated carbocycles. The number of hydrogen-bond acceptors (Lipinski definition) is 5. The molecule has 0 saturated heterocycles. The van der Waals surface area contributed by atoms with Gasteiger partial charge >= 0.3 is 0 Å². The van der Waals surface area contributed by atoms with Gasteiger partial charge in [0.15, 0.2) is 5.01 Å². The Labute approximate surface area is 90.0 Å². The average Bonchev–Trinajstić information content (AvgIpc) is 2.67. The van der Waals surface area contributed by atoms with E-state index in [1.165, 1.54) is 11.3 Å². The molecule has 0 spiro atoms. The fraction of sp³-hybridized carbons (Fsp3) is 0.125. The lowest BCUT2D eigenvalue weighted by Crippen LogP contribution is -1.84. The lowest BCUT2D eigenvalue weighted by atomic mass is 10.4. The molecule has 72 valence electrons. The van der Waals surface area contributed by atoms with E-state index in [1.807, 2.05) is 0 Å². The monoisotopic (exact) mass is 226 g/mol. The summed E-state index contributed by atoms with van der Waals surface area (Å²) in [5, 5.41) is 12.9. The molecule has 0 aromatic carbocycles. The van der Waals surface area contributed by atoms with E-state index in [9.17, 15) is 0 Å². The van der Waals surface area contributed by atoms with E-state index in [1.54, 1.807) is 25.4 Å². The maximum absolute atomic E-state index is 5.97. The van der Waals surface area contributed by atoms with Crippen molar-refractivity contribution in [2.45, 2.75) is 0 Å². The maximum Gasteiger partial charge on any atom is 0.205 e. The summed E-state index contributed by atoms with van der Waals surface area (Å²) in [4.78, 5) is 4.14. The Hall–Kier alpha value is -1.20. The minimum atomic E-state index is 0.589. The Bertz CT molecular complexity index is 442. The van der Waals surface area contributed by atoms with E-state index in [0.717, 1.165) is 10.1 Å². The Kier molecular flexibility index (Phi) is 2.60. The lowest BCUT2D eigenvalue weighted by Gasteiger charge is -1.95. The van der Waals surface area contributed by atoms with Gasteiger partial charge < -0.3 is 5.32 Å². The van der Waals surface area contributed by atoms with Gasteiger partial charge in [0, 0.05) is 13.2 Å². The zero-order valence-corrected chi connectivity index (χ0v) is 8.93. The van der Waals surface area contributed by atoms with E-state index in [-0.39, 0.29) is 0 Å². The molecule has 0 atom stereocenters. The SMILES string of the molecule is CNc1nnc(-c2ncccc2Cl)s1. The molecule has 1 N–H and O–H groups in total. The van der Waals surface area contributed by atoms with E-state index in [4.69, 9.17) is 11.6 Å². The molecule has 0 radical (unpaired) electrons. The van der Waals surface area contributed by atoms with Crippen molar-refractivity contribution in [3.05, 3.63) is 23.4 Å². The molecule has 2 heterocycles.